The lowest BCUT2D eigenvalue weighted by Crippen LogP contribution is -2.37. The molecule has 0 fully saturated rings. The van der Waals surface area contributed by atoms with Crippen molar-refractivity contribution in [2.75, 3.05) is 18.4 Å². The summed E-state index contributed by atoms with van der Waals surface area (Å²) in [5.74, 6) is 0.673. The molecule has 0 radical (unpaired) electrons. The largest absolute Gasteiger partial charge is 0.446 e. The van der Waals surface area contributed by atoms with E-state index in [1.165, 1.54) is 6.26 Å². The van der Waals surface area contributed by atoms with E-state index in [0.29, 0.717) is 24.9 Å². The minimum absolute atomic E-state index is 0.188. The average molecular weight is 386 g/mol. The average Bonchev–Trinajstić information content (AvgIpc) is 3.07. The molecule has 2 N–H and O–H groups in total. The smallest absolute Gasteiger partial charge is 0.322 e. The van der Waals surface area contributed by atoms with E-state index in [9.17, 15) is 9.59 Å². The molecule has 3 amide bonds. The van der Waals surface area contributed by atoms with Crippen LogP contribution in [0.3, 0.4) is 0 Å². The Balaban J connectivity index is 2.05. The van der Waals surface area contributed by atoms with Crippen molar-refractivity contribution in [3.8, 4) is 0 Å². The fraction of sp³-hybridized carbons (Fsp3) is 0.476. The van der Waals surface area contributed by atoms with Gasteiger partial charge < -0.3 is 20.0 Å². The Morgan fingerprint density at radius 2 is 1.93 bits per heavy atom. The van der Waals surface area contributed by atoms with Gasteiger partial charge in [0.2, 0.25) is 5.89 Å². The van der Waals surface area contributed by atoms with Crippen molar-refractivity contribution in [1.82, 2.24) is 15.2 Å². The quantitative estimate of drug-likeness (QED) is 0.716. The standard InChI is InChI=1S/C21H30N4O3/c1-14(2)10-22-20(26)18-13-28-19(24-18)12-25(11-15(3)4)21(27)23-17-8-6-7-16(5)9-17/h6-9,13-15H,10-12H2,1-5H3,(H,22,26)(H,23,27). The van der Waals surface area contributed by atoms with Crippen LogP contribution in [0.15, 0.2) is 34.9 Å². The summed E-state index contributed by atoms with van der Waals surface area (Å²) < 4.78 is 5.43. The van der Waals surface area contributed by atoms with Crippen LogP contribution in [0.4, 0.5) is 10.5 Å². The number of anilines is 1. The van der Waals surface area contributed by atoms with Crippen molar-refractivity contribution >= 4 is 17.6 Å². The molecule has 0 saturated heterocycles. The molecular weight excluding hydrogens is 356 g/mol. The molecule has 0 spiro atoms. The fourth-order valence-electron chi connectivity index (χ4n) is 2.62. The number of nitrogens with zero attached hydrogens (tertiary/aromatic N) is 2. The molecule has 0 aliphatic rings. The number of hydrogen-bond donors (Lipinski definition) is 2. The monoisotopic (exact) mass is 386 g/mol. The van der Waals surface area contributed by atoms with Crippen LogP contribution < -0.4 is 10.6 Å². The Morgan fingerprint density at radius 1 is 1.18 bits per heavy atom. The second-order valence-corrected chi connectivity index (χ2v) is 7.80. The maximum absolute atomic E-state index is 12.7. The van der Waals surface area contributed by atoms with E-state index in [-0.39, 0.29) is 30.1 Å². The van der Waals surface area contributed by atoms with Gasteiger partial charge >= 0.3 is 6.03 Å². The normalized spacial score (nSPS) is 11.0. The summed E-state index contributed by atoms with van der Waals surface area (Å²) in [5, 5.41) is 5.71. The van der Waals surface area contributed by atoms with Crippen molar-refractivity contribution in [3.05, 3.63) is 47.7 Å². The van der Waals surface area contributed by atoms with Crippen LogP contribution >= 0.6 is 0 Å². The maximum Gasteiger partial charge on any atom is 0.322 e. The van der Waals surface area contributed by atoms with Crippen molar-refractivity contribution in [1.29, 1.82) is 0 Å². The lowest BCUT2D eigenvalue weighted by atomic mass is 10.2. The molecular formula is C21H30N4O3. The molecule has 2 aromatic rings. The third-order valence-electron chi connectivity index (χ3n) is 3.92. The highest BCUT2D eigenvalue weighted by Gasteiger charge is 2.20. The zero-order chi connectivity index (χ0) is 20.7. The molecule has 0 saturated carbocycles. The third kappa shape index (κ3) is 6.72. The zero-order valence-electron chi connectivity index (χ0n) is 17.3. The Hall–Kier alpha value is -2.83. The first kappa shape index (κ1) is 21.5. The van der Waals surface area contributed by atoms with Crippen LogP contribution in [0.1, 0.15) is 49.6 Å². The van der Waals surface area contributed by atoms with Crippen molar-refractivity contribution < 1.29 is 14.0 Å². The third-order valence-corrected chi connectivity index (χ3v) is 3.92. The number of amides is 3. The first-order chi connectivity index (χ1) is 13.2. The van der Waals surface area contributed by atoms with Crippen molar-refractivity contribution in [2.24, 2.45) is 11.8 Å². The predicted octanol–water partition coefficient (Wildman–Crippen LogP) is 4.06. The summed E-state index contributed by atoms with van der Waals surface area (Å²) in [5.41, 5.74) is 2.03. The molecule has 0 unspecified atom stereocenters. The van der Waals surface area contributed by atoms with Gasteiger partial charge in [0, 0.05) is 18.8 Å². The zero-order valence-corrected chi connectivity index (χ0v) is 17.3. The summed E-state index contributed by atoms with van der Waals surface area (Å²) in [4.78, 5) is 30.7. The highest BCUT2D eigenvalue weighted by atomic mass is 16.3. The van der Waals surface area contributed by atoms with E-state index in [0.717, 1.165) is 11.3 Å². The van der Waals surface area contributed by atoms with E-state index in [2.05, 4.69) is 15.6 Å². The van der Waals surface area contributed by atoms with Crippen molar-refractivity contribution in [2.45, 2.75) is 41.2 Å². The van der Waals surface area contributed by atoms with Gasteiger partial charge in [0.05, 0.1) is 6.54 Å². The summed E-state index contributed by atoms with van der Waals surface area (Å²) in [6.45, 7) is 11.4. The fourth-order valence-corrected chi connectivity index (χ4v) is 2.62. The molecule has 2 rings (SSSR count). The molecule has 0 bridgehead atoms. The number of urea groups is 1. The topological polar surface area (TPSA) is 87.5 Å². The number of hydrogen-bond acceptors (Lipinski definition) is 4. The number of carbonyl (C=O) groups is 2. The van der Waals surface area contributed by atoms with E-state index < -0.39 is 0 Å². The van der Waals surface area contributed by atoms with Gasteiger partial charge in [0.25, 0.3) is 5.91 Å². The molecule has 28 heavy (non-hydrogen) atoms. The molecule has 152 valence electrons. The molecule has 1 heterocycles. The van der Waals surface area contributed by atoms with E-state index >= 15 is 0 Å². The van der Waals surface area contributed by atoms with Gasteiger partial charge in [-0.15, -0.1) is 0 Å². The molecule has 0 aliphatic carbocycles. The summed E-state index contributed by atoms with van der Waals surface area (Å²) in [6, 6.07) is 7.39. The lowest BCUT2D eigenvalue weighted by molar-refractivity contribution is 0.0944. The first-order valence-electron chi connectivity index (χ1n) is 9.59. The number of rotatable bonds is 8. The predicted molar refractivity (Wildman–Crippen MR) is 109 cm³/mol. The van der Waals surface area contributed by atoms with Crippen LogP contribution in [-0.4, -0.2) is 34.9 Å². The molecule has 1 aromatic heterocycles. The number of aromatic nitrogens is 1. The Labute approximate surface area is 166 Å². The van der Waals surface area contributed by atoms with Crippen LogP contribution in [0.5, 0.6) is 0 Å². The molecule has 1 aromatic carbocycles. The Morgan fingerprint density at radius 3 is 2.57 bits per heavy atom. The van der Waals surface area contributed by atoms with Gasteiger partial charge in [-0.2, -0.15) is 0 Å². The Bertz CT molecular complexity index is 798. The van der Waals surface area contributed by atoms with Gasteiger partial charge in [0.15, 0.2) is 5.69 Å². The molecule has 0 atom stereocenters. The highest BCUT2D eigenvalue weighted by molar-refractivity contribution is 5.92. The van der Waals surface area contributed by atoms with Crippen LogP contribution in [0.25, 0.3) is 0 Å². The second-order valence-electron chi connectivity index (χ2n) is 7.80. The maximum atomic E-state index is 12.7. The molecule has 7 nitrogen and oxygen atoms in total. The second kappa shape index (κ2) is 9.92. The van der Waals surface area contributed by atoms with Crippen molar-refractivity contribution in [3.63, 3.8) is 0 Å². The van der Waals surface area contributed by atoms with Crippen LogP contribution in [0, 0.1) is 18.8 Å². The SMILES string of the molecule is Cc1cccc(NC(=O)N(Cc2nc(C(=O)NCC(C)C)co2)CC(C)C)c1. The molecule has 7 heteroatoms. The lowest BCUT2D eigenvalue weighted by Gasteiger charge is -2.23. The number of nitrogens with one attached hydrogen (secondary N) is 2. The summed E-state index contributed by atoms with van der Waals surface area (Å²) >= 11 is 0. The highest BCUT2D eigenvalue weighted by Crippen LogP contribution is 2.14. The summed E-state index contributed by atoms with van der Waals surface area (Å²) in [6.07, 6.45) is 1.33. The number of aryl methyl sites for hydroxylation is 1. The first-order valence-corrected chi connectivity index (χ1v) is 9.59. The van der Waals surface area contributed by atoms with Gasteiger partial charge in [-0.3, -0.25) is 4.79 Å². The van der Waals surface area contributed by atoms with Gasteiger partial charge in [0.1, 0.15) is 6.26 Å². The number of oxazole rings is 1. The van der Waals surface area contributed by atoms with E-state index in [1.807, 2.05) is 58.9 Å². The Kier molecular flexibility index (Phi) is 7.61. The number of benzene rings is 1. The van der Waals surface area contributed by atoms with Gasteiger partial charge in [-0.1, -0.05) is 39.8 Å². The van der Waals surface area contributed by atoms with Gasteiger partial charge in [-0.05, 0) is 36.5 Å². The minimum Gasteiger partial charge on any atom is -0.446 e. The van der Waals surface area contributed by atoms with Gasteiger partial charge in [-0.25, -0.2) is 9.78 Å². The minimum atomic E-state index is -0.275. The van der Waals surface area contributed by atoms with Crippen LogP contribution in [0.2, 0.25) is 0 Å². The van der Waals surface area contributed by atoms with Crippen LogP contribution in [-0.2, 0) is 6.54 Å². The van der Waals surface area contributed by atoms with E-state index in [4.69, 9.17) is 4.42 Å². The molecule has 0 aliphatic heterocycles. The summed E-state index contributed by atoms with van der Waals surface area (Å²) in [7, 11) is 0. The number of carbonyl (C=O) groups excluding carboxylic acids is 2. The van der Waals surface area contributed by atoms with E-state index in [1.54, 1.807) is 4.90 Å².